The Morgan fingerprint density at radius 3 is 2.75 bits per heavy atom. The van der Waals surface area contributed by atoms with Gasteiger partial charge in [-0.1, -0.05) is 0 Å². The van der Waals surface area contributed by atoms with Gasteiger partial charge in [0, 0.05) is 13.1 Å². The third kappa shape index (κ3) is 2.95. The van der Waals surface area contributed by atoms with E-state index in [1.165, 1.54) is 12.8 Å². The van der Waals surface area contributed by atoms with Gasteiger partial charge >= 0.3 is 0 Å². The SMILES string of the molecule is CCN(CC)c1noc(CNCC2CC2)n1. The highest BCUT2D eigenvalue weighted by Crippen LogP contribution is 2.27. The Labute approximate surface area is 96.2 Å². The maximum atomic E-state index is 5.19. The lowest BCUT2D eigenvalue weighted by Crippen LogP contribution is -2.23. The molecule has 5 heteroatoms. The van der Waals surface area contributed by atoms with Crippen LogP contribution in [0.5, 0.6) is 0 Å². The Morgan fingerprint density at radius 2 is 2.12 bits per heavy atom. The number of nitrogens with zero attached hydrogens (tertiary/aromatic N) is 3. The second-order valence-corrected chi connectivity index (χ2v) is 4.23. The Bertz CT molecular complexity index is 318. The van der Waals surface area contributed by atoms with Gasteiger partial charge in [-0.3, -0.25) is 0 Å². The highest BCUT2D eigenvalue weighted by atomic mass is 16.5. The van der Waals surface area contributed by atoms with Crippen LogP contribution in [0, 0.1) is 5.92 Å². The summed E-state index contributed by atoms with van der Waals surface area (Å²) in [6.45, 7) is 7.75. The lowest BCUT2D eigenvalue weighted by Gasteiger charge is -2.14. The fourth-order valence-electron chi connectivity index (χ4n) is 1.66. The normalized spacial score (nSPS) is 15.4. The number of hydrogen-bond acceptors (Lipinski definition) is 5. The molecular weight excluding hydrogens is 204 g/mol. The fraction of sp³-hybridized carbons (Fsp3) is 0.818. The maximum absolute atomic E-state index is 5.19. The first-order chi connectivity index (χ1) is 7.83. The molecule has 1 aromatic heterocycles. The third-order valence-electron chi connectivity index (χ3n) is 2.91. The zero-order valence-electron chi connectivity index (χ0n) is 10.1. The molecule has 0 atom stereocenters. The summed E-state index contributed by atoms with van der Waals surface area (Å²) >= 11 is 0. The molecule has 0 amide bonds. The fourth-order valence-corrected chi connectivity index (χ4v) is 1.66. The predicted octanol–water partition coefficient (Wildman–Crippen LogP) is 1.42. The van der Waals surface area contributed by atoms with Crippen molar-refractivity contribution in [2.24, 2.45) is 5.92 Å². The molecule has 1 saturated carbocycles. The van der Waals surface area contributed by atoms with Crippen LogP contribution in [-0.2, 0) is 6.54 Å². The molecule has 90 valence electrons. The Balaban J connectivity index is 1.80. The molecule has 0 saturated heterocycles. The van der Waals surface area contributed by atoms with E-state index in [9.17, 15) is 0 Å². The van der Waals surface area contributed by atoms with E-state index in [1.54, 1.807) is 0 Å². The highest BCUT2D eigenvalue weighted by Gasteiger charge is 2.20. The van der Waals surface area contributed by atoms with E-state index in [-0.39, 0.29) is 0 Å². The molecule has 1 heterocycles. The van der Waals surface area contributed by atoms with Crippen LogP contribution in [0.3, 0.4) is 0 Å². The molecule has 5 nitrogen and oxygen atoms in total. The summed E-state index contributed by atoms with van der Waals surface area (Å²) in [6, 6.07) is 0. The summed E-state index contributed by atoms with van der Waals surface area (Å²) in [5.41, 5.74) is 0. The monoisotopic (exact) mass is 224 g/mol. The Hall–Kier alpha value is -1.10. The average Bonchev–Trinajstić information content (AvgIpc) is 3.00. The minimum absolute atomic E-state index is 0.683. The Kier molecular flexibility index (Phi) is 3.77. The van der Waals surface area contributed by atoms with Gasteiger partial charge in [-0.05, 0) is 44.3 Å². The van der Waals surface area contributed by atoms with Gasteiger partial charge in [0.1, 0.15) is 0 Å². The van der Waals surface area contributed by atoms with Crippen molar-refractivity contribution in [3.05, 3.63) is 5.89 Å². The van der Waals surface area contributed by atoms with E-state index in [1.807, 2.05) is 0 Å². The van der Waals surface area contributed by atoms with Crippen molar-refractivity contribution in [2.45, 2.75) is 33.2 Å². The van der Waals surface area contributed by atoms with Crippen LogP contribution in [0.2, 0.25) is 0 Å². The van der Waals surface area contributed by atoms with E-state index >= 15 is 0 Å². The first-order valence-corrected chi connectivity index (χ1v) is 6.11. The van der Waals surface area contributed by atoms with Gasteiger partial charge in [-0.2, -0.15) is 4.98 Å². The van der Waals surface area contributed by atoms with E-state index in [0.717, 1.165) is 25.6 Å². The highest BCUT2D eigenvalue weighted by molar-refractivity contribution is 5.26. The van der Waals surface area contributed by atoms with E-state index in [4.69, 9.17) is 4.52 Å². The first-order valence-electron chi connectivity index (χ1n) is 6.11. The predicted molar refractivity (Wildman–Crippen MR) is 62.3 cm³/mol. The zero-order valence-corrected chi connectivity index (χ0v) is 10.1. The molecule has 0 unspecified atom stereocenters. The van der Waals surface area contributed by atoms with Gasteiger partial charge in [0.25, 0.3) is 5.95 Å². The van der Waals surface area contributed by atoms with E-state index < -0.39 is 0 Å². The lowest BCUT2D eigenvalue weighted by atomic mass is 10.4. The number of rotatable bonds is 7. The summed E-state index contributed by atoms with van der Waals surface area (Å²) in [5.74, 6) is 2.26. The van der Waals surface area contributed by atoms with Crippen molar-refractivity contribution < 1.29 is 4.52 Å². The standard InChI is InChI=1S/C11H20N4O/c1-3-15(4-2)11-13-10(16-14-11)8-12-7-9-5-6-9/h9,12H,3-8H2,1-2H3. The van der Waals surface area contributed by atoms with Gasteiger partial charge < -0.3 is 14.7 Å². The summed E-state index contributed by atoms with van der Waals surface area (Å²) in [4.78, 5) is 6.43. The van der Waals surface area contributed by atoms with Crippen molar-refractivity contribution in [3.63, 3.8) is 0 Å². The van der Waals surface area contributed by atoms with Crippen LogP contribution in [0.25, 0.3) is 0 Å². The van der Waals surface area contributed by atoms with Crippen LogP contribution >= 0.6 is 0 Å². The molecular formula is C11H20N4O. The minimum Gasteiger partial charge on any atom is -0.339 e. The summed E-state index contributed by atoms with van der Waals surface area (Å²) in [7, 11) is 0. The number of nitrogens with one attached hydrogen (secondary N) is 1. The van der Waals surface area contributed by atoms with Crippen molar-refractivity contribution in [1.29, 1.82) is 0 Å². The van der Waals surface area contributed by atoms with Crippen LogP contribution in [-0.4, -0.2) is 29.8 Å². The van der Waals surface area contributed by atoms with E-state index in [2.05, 4.69) is 34.2 Å². The molecule has 1 aliphatic carbocycles. The second kappa shape index (κ2) is 5.30. The van der Waals surface area contributed by atoms with Gasteiger partial charge in [-0.25, -0.2) is 0 Å². The third-order valence-corrected chi connectivity index (χ3v) is 2.91. The summed E-state index contributed by atoms with van der Waals surface area (Å²) in [5, 5.41) is 7.31. The zero-order chi connectivity index (χ0) is 11.4. The number of hydrogen-bond donors (Lipinski definition) is 1. The van der Waals surface area contributed by atoms with Crippen LogP contribution in [0.4, 0.5) is 5.95 Å². The molecule has 1 aliphatic rings. The molecule has 16 heavy (non-hydrogen) atoms. The number of aromatic nitrogens is 2. The van der Waals surface area contributed by atoms with Crippen molar-refractivity contribution >= 4 is 5.95 Å². The van der Waals surface area contributed by atoms with E-state index in [0.29, 0.717) is 18.4 Å². The van der Waals surface area contributed by atoms with Crippen molar-refractivity contribution in [3.8, 4) is 0 Å². The molecule has 0 aliphatic heterocycles. The average molecular weight is 224 g/mol. The second-order valence-electron chi connectivity index (χ2n) is 4.23. The first kappa shape index (κ1) is 11.4. The van der Waals surface area contributed by atoms with Crippen molar-refractivity contribution in [1.82, 2.24) is 15.5 Å². The maximum Gasteiger partial charge on any atom is 0.266 e. The van der Waals surface area contributed by atoms with Crippen LogP contribution < -0.4 is 10.2 Å². The molecule has 0 bridgehead atoms. The van der Waals surface area contributed by atoms with Gasteiger partial charge in [0.05, 0.1) is 6.54 Å². The molecule has 0 spiro atoms. The largest absolute Gasteiger partial charge is 0.339 e. The number of anilines is 1. The Morgan fingerprint density at radius 1 is 1.38 bits per heavy atom. The quantitative estimate of drug-likeness (QED) is 0.759. The molecule has 0 radical (unpaired) electrons. The molecule has 1 aromatic rings. The van der Waals surface area contributed by atoms with Crippen LogP contribution in [0.1, 0.15) is 32.6 Å². The topological polar surface area (TPSA) is 54.2 Å². The molecule has 2 rings (SSSR count). The van der Waals surface area contributed by atoms with Crippen molar-refractivity contribution in [2.75, 3.05) is 24.5 Å². The van der Waals surface area contributed by atoms with Crippen LogP contribution in [0.15, 0.2) is 4.52 Å². The van der Waals surface area contributed by atoms with Gasteiger partial charge in [0.2, 0.25) is 5.89 Å². The lowest BCUT2D eigenvalue weighted by molar-refractivity contribution is 0.365. The molecule has 1 fully saturated rings. The molecule has 0 aromatic carbocycles. The van der Waals surface area contributed by atoms with Gasteiger partial charge in [-0.15, -0.1) is 0 Å². The van der Waals surface area contributed by atoms with Gasteiger partial charge in [0.15, 0.2) is 0 Å². The minimum atomic E-state index is 0.683. The summed E-state index contributed by atoms with van der Waals surface area (Å²) < 4.78 is 5.19. The smallest absolute Gasteiger partial charge is 0.266 e. The molecule has 1 N–H and O–H groups in total. The summed E-state index contributed by atoms with van der Waals surface area (Å²) in [6.07, 6.45) is 2.73.